The molecule has 2 heterocycles. The van der Waals surface area contributed by atoms with Crippen molar-refractivity contribution in [1.82, 2.24) is 9.21 Å². The van der Waals surface area contributed by atoms with E-state index >= 15 is 0 Å². The van der Waals surface area contributed by atoms with Gasteiger partial charge in [0.05, 0.1) is 11.2 Å². The first-order chi connectivity index (χ1) is 16.2. The summed E-state index contributed by atoms with van der Waals surface area (Å²) < 4.78 is 27.4. The Hall–Kier alpha value is -2.09. The normalized spacial score (nSPS) is 22.3. The van der Waals surface area contributed by atoms with Crippen LogP contribution in [0.25, 0.3) is 0 Å². The summed E-state index contributed by atoms with van der Waals surface area (Å²) in [5, 5.41) is 0.208. The van der Waals surface area contributed by atoms with E-state index in [2.05, 4.69) is 24.0 Å². The molecule has 0 N–H and O–H groups in total. The highest BCUT2D eigenvalue weighted by molar-refractivity contribution is 7.89. The van der Waals surface area contributed by atoms with E-state index < -0.39 is 15.3 Å². The molecule has 2 fully saturated rings. The lowest BCUT2D eigenvalue weighted by Crippen LogP contribution is -2.55. The molecule has 2 atom stereocenters. The molecule has 2 aromatic carbocycles. The lowest BCUT2D eigenvalue weighted by molar-refractivity contribution is -0.137. The highest BCUT2D eigenvalue weighted by atomic mass is 35.5. The van der Waals surface area contributed by atoms with E-state index in [0.29, 0.717) is 31.1 Å². The predicted octanol–water partition coefficient (Wildman–Crippen LogP) is 4.14. The first-order valence-electron chi connectivity index (χ1n) is 12.0. The third kappa shape index (κ3) is 5.11. The maximum Gasteiger partial charge on any atom is 0.227 e. The van der Waals surface area contributed by atoms with Gasteiger partial charge in [0.1, 0.15) is 0 Å². The number of hydrogen-bond donors (Lipinski definition) is 0. The molecule has 8 heteroatoms. The van der Waals surface area contributed by atoms with Crippen LogP contribution in [0.15, 0.2) is 48.5 Å². The molecule has 2 aliphatic rings. The molecule has 34 heavy (non-hydrogen) atoms. The van der Waals surface area contributed by atoms with Gasteiger partial charge in [0.2, 0.25) is 15.9 Å². The molecule has 0 aromatic heterocycles. The number of amides is 1. The van der Waals surface area contributed by atoms with Gasteiger partial charge < -0.3 is 9.80 Å². The fraction of sp³-hybridized carbons (Fsp3) is 0.500. The Morgan fingerprint density at radius 3 is 2.32 bits per heavy atom. The van der Waals surface area contributed by atoms with Crippen LogP contribution in [0.5, 0.6) is 0 Å². The number of benzene rings is 2. The van der Waals surface area contributed by atoms with Gasteiger partial charge in [0, 0.05) is 50.0 Å². The van der Waals surface area contributed by atoms with Gasteiger partial charge in [-0.05, 0) is 56.4 Å². The number of sulfonamides is 1. The molecule has 0 saturated carbocycles. The minimum atomic E-state index is -3.41. The molecular formula is C26H34ClN3O3S. The average Bonchev–Trinajstić information content (AvgIpc) is 2.85. The van der Waals surface area contributed by atoms with E-state index in [0.717, 1.165) is 29.9 Å². The summed E-state index contributed by atoms with van der Waals surface area (Å²) in [6.07, 6.45) is 0.647. The van der Waals surface area contributed by atoms with Crippen LogP contribution in [0.1, 0.15) is 37.3 Å². The van der Waals surface area contributed by atoms with Gasteiger partial charge in [-0.2, -0.15) is 0 Å². The van der Waals surface area contributed by atoms with Gasteiger partial charge in [0.15, 0.2) is 0 Å². The Bertz CT molecular complexity index is 1120. The number of nitrogens with zero attached hydrogens (tertiary/aromatic N) is 3. The number of anilines is 1. The Morgan fingerprint density at radius 1 is 1.00 bits per heavy atom. The highest BCUT2D eigenvalue weighted by Gasteiger charge is 2.42. The van der Waals surface area contributed by atoms with Gasteiger partial charge in [0.25, 0.3) is 0 Å². The minimum Gasteiger partial charge on any atom is -0.368 e. The maximum atomic E-state index is 13.8. The van der Waals surface area contributed by atoms with Gasteiger partial charge in [-0.15, -0.1) is 0 Å². The summed E-state index contributed by atoms with van der Waals surface area (Å²) in [6.45, 7) is 8.84. The summed E-state index contributed by atoms with van der Waals surface area (Å²) in [5.41, 5.74) is 3.37. The fourth-order valence-corrected chi connectivity index (χ4v) is 6.62. The molecule has 2 saturated heterocycles. The van der Waals surface area contributed by atoms with Crippen molar-refractivity contribution in [2.45, 2.75) is 38.4 Å². The SMILES string of the molecule is Cc1ccc(Cl)cc1N1CCN(C(=O)[C@@H]2CN(S(=O)(=O)C(C)C)CC[C@@H]2c2ccccc2)CC1. The lowest BCUT2D eigenvalue weighted by atomic mass is 9.80. The van der Waals surface area contributed by atoms with E-state index in [-0.39, 0.29) is 24.3 Å². The van der Waals surface area contributed by atoms with Gasteiger partial charge >= 0.3 is 0 Å². The second-order valence-electron chi connectivity index (χ2n) is 9.61. The van der Waals surface area contributed by atoms with Gasteiger partial charge in [-0.3, -0.25) is 4.79 Å². The Labute approximate surface area is 208 Å². The van der Waals surface area contributed by atoms with E-state index in [1.165, 1.54) is 4.31 Å². The molecule has 0 unspecified atom stereocenters. The third-order valence-corrected chi connectivity index (χ3v) is 9.66. The van der Waals surface area contributed by atoms with Gasteiger partial charge in [-0.25, -0.2) is 12.7 Å². The van der Waals surface area contributed by atoms with Crippen molar-refractivity contribution < 1.29 is 13.2 Å². The van der Waals surface area contributed by atoms with Crippen LogP contribution in [0, 0.1) is 12.8 Å². The predicted molar refractivity (Wildman–Crippen MR) is 138 cm³/mol. The Morgan fingerprint density at radius 2 is 1.68 bits per heavy atom. The van der Waals surface area contributed by atoms with Gasteiger partial charge in [-0.1, -0.05) is 48.0 Å². The number of rotatable bonds is 5. The Kier molecular flexibility index (Phi) is 7.55. The summed E-state index contributed by atoms with van der Waals surface area (Å²) >= 11 is 6.22. The van der Waals surface area contributed by atoms with E-state index in [1.807, 2.05) is 41.3 Å². The first kappa shape index (κ1) is 25.0. The molecule has 4 rings (SSSR count). The number of halogens is 1. The van der Waals surface area contributed by atoms with E-state index in [4.69, 9.17) is 11.6 Å². The van der Waals surface area contributed by atoms with Crippen LogP contribution in [0.3, 0.4) is 0 Å². The van der Waals surface area contributed by atoms with Crippen molar-refractivity contribution in [3.05, 3.63) is 64.7 Å². The van der Waals surface area contributed by atoms with Crippen molar-refractivity contribution in [2.24, 2.45) is 5.92 Å². The minimum absolute atomic E-state index is 0.0144. The van der Waals surface area contributed by atoms with Crippen molar-refractivity contribution in [1.29, 1.82) is 0 Å². The fourth-order valence-electron chi connectivity index (χ4n) is 5.13. The maximum absolute atomic E-state index is 13.8. The standard InChI is InChI=1S/C26H34ClN3O3S/c1-19(2)34(32,33)30-12-11-23(21-7-5-4-6-8-21)24(18-30)26(31)29-15-13-28(14-16-29)25-17-22(27)10-9-20(25)3/h4-10,17,19,23-24H,11-16,18H2,1-3H3/t23-,24-/m1/s1. The smallest absolute Gasteiger partial charge is 0.227 e. The number of carbonyl (C=O) groups is 1. The molecule has 2 aromatic rings. The second-order valence-corrected chi connectivity index (χ2v) is 12.5. The van der Waals surface area contributed by atoms with Crippen molar-refractivity contribution in [2.75, 3.05) is 44.2 Å². The molecule has 6 nitrogen and oxygen atoms in total. The molecule has 0 spiro atoms. The Balaban J connectivity index is 1.53. The molecule has 1 amide bonds. The van der Waals surface area contributed by atoms with Crippen molar-refractivity contribution in [3.8, 4) is 0 Å². The first-order valence-corrected chi connectivity index (χ1v) is 13.9. The number of piperazine rings is 1. The molecular weight excluding hydrogens is 470 g/mol. The zero-order valence-electron chi connectivity index (χ0n) is 20.2. The zero-order chi connectivity index (χ0) is 24.5. The summed E-state index contributed by atoms with van der Waals surface area (Å²) in [6, 6.07) is 15.9. The number of hydrogen-bond acceptors (Lipinski definition) is 4. The van der Waals surface area contributed by atoms with Crippen molar-refractivity contribution in [3.63, 3.8) is 0 Å². The van der Waals surface area contributed by atoms with E-state index in [9.17, 15) is 13.2 Å². The monoisotopic (exact) mass is 503 g/mol. The van der Waals surface area contributed by atoms with Crippen LogP contribution in [-0.4, -0.2) is 68.0 Å². The third-order valence-electron chi connectivity index (χ3n) is 7.18. The van der Waals surface area contributed by atoms with Crippen LogP contribution in [0.4, 0.5) is 5.69 Å². The zero-order valence-corrected chi connectivity index (χ0v) is 21.7. The van der Waals surface area contributed by atoms with Crippen molar-refractivity contribution >= 4 is 33.2 Å². The lowest BCUT2D eigenvalue weighted by Gasteiger charge is -2.42. The number of aryl methyl sites for hydroxylation is 1. The average molecular weight is 504 g/mol. The number of piperidine rings is 1. The molecule has 184 valence electrons. The van der Waals surface area contributed by atoms with Crippen LogP contribution >= 0.6 is 11.6 Å². The van der Waals surface area contributed by atoms with Crippen LogP contribution in [0.2, 0.25) is 5.02 Å². The molecule has 0 radical (unpaired) electrons. The van der Waals surface area contributed by atoms with Crippen LogP contribution in [-0.2, 0) is 14.8 Å². The summed E-state index contributed by atoms with van der Waals surface area (Å²) in [4.78, 5) is 18.0. The molecule has 2 aliphatic heterocycles. The molecule has 0 bridgehead atoms. The van der Waals surface area contributed by atoms with Crippen LogP contribution < -0.4 is 4.90 Å². The number of carbonyl (C=O) groups excluding carboxylic acids is 1. The second kappa shape index (κ2) is 10.3. The largest absolute Gasteiger partial charge is 0.368 e. The summed E-state index contributed by atoms with van der Waals surface area (Å²) in [7, 11) is -3.41. The summed E-state index contributed by atoms with van der Waals surface area (Å²) in [5.74, 6) is -0.315. The highest BCUT2D eigenvalue weighted by Crippen LogP contribution is 2.36. The van der Waals surface area contributed by atoms with E-state index in [1.54, 1.807) is 13.8 Å². The topological polar surface area (TPSA) is 60.9 Å². The molecule has 0 aliphatic carbocycles. The quantitative estimate of drug-likeness (QED) is 0.615.